The first-order valence-electron chi connectivity index (χ1n) is 3.91. The maximum Gasteiger partial charge on any atom is 0.192 e. The van der Waals surface area contributed by atoms with Gasteiger partial charge in [0.25, 0.3) is 0 Å². The fourth-order valence-electron chi connectivity index (χ4n) is 0.491. The average Bonchev–Trinajstić information content (AvgIpc) is 1.59. The second kappa shape index (κ2) is 4.33. The van der Waals surface area contributed by atoms with Crippen LogP contribution in [0.4, 0.5) is 0 Å². The smallest absolute Gasteiger partial charge is 0.192 e. The fraction of sp³-hybridized carbons (Fsp3) is 1.00. The van der Waals surface area contributed by atoms with E-state index in [1.165, 1.54) is 6.32 Å². The van der Waals surface area contributed by atoms with E-state index in [4.69, 9.17) is 0 Å². The van der Waals surface area contributed by atoms with Gasteiger partial charge in [0, 0.05) is 0 Å². The van der Waals surface area contributed by atoms with Gasteiger partial charge in [0.1, 0.15) is 0 Å². The third-order valence-electron chi connectivity index (χ3n) is 1.00. The molecule has 0 aliphatic heterocycles. The molecule has 0 N–H and O–H groups in total. The molecule has 0 fully saturated rings. The lowest BCUT2D eigenvalue weighted by Crippen LogP contribution is -2.10. The van der Waals surface area contributed by atoms with E-state index in [9.17, 15) is 0 Å². The van der Waals surface area contributed by atoms with Gasteiger partial charge in [-0.2, -0.15) is 0 Å². The zero-order valence-corrected chi connectivity index (χ0v) is 8.59. The van der Waals surface area contributed by atoms with Crippen LogP contribution >= 0.6 is 11.6 Å². The molecule has 0 unspecified atom stereocenters. The molecule has 1 radical (unpaired) electrons. The molecule has 0 saturated carbocycles. The Morgan fingerprint density at radius 1 is 1.30 bits per heavy atom. The molecule has 0 aromatic carbocycles. The summed E-state index contributed by atoms with van der Waals surface area (Å²) in [7, 11) is 0. The molecule has 0 nitrogen and oxygen atoms in total. The summed E-state index contributed by atoms with van der Waals surface area (Å²) in [6.45, 7) is 13.6. The molecule has 0 rings (SSSR count). The van der Waals surface area contributed by atoms with Crippen molar-refractivity contribution in [3.8, 4) is 0 Å². The lowest BCUT2D eigenvalue weighted by molar-refractivity contribution is 0.733. The van der Waals surface area contributed by atoms with Crippen LogP contribution in [0.1, 0.15) is 34.6 Å². The molecule has 0 heterocycles. The van der Waals surface area contributed by atoms with Gasteiger partial charge in [0.05, 0.1) is 0 Å². The lowest BCUT2D eigenvalue weighted by atomic mass is 9.93. The van der Waals surface area contributed by atoms with Crippen LogP contribution < -0.4 is 0 Å². The van der Waals surface area contributed by atoms with Crippen LogP contribution in [0.25, 0.3) is 0 Å². The number of rotatable bonds is 3. The van der Waals surface area contributed by atoms with Gasteiger partial charge in [-0.15, -0.1) is 0 Å². The SMILES string of the molecule is CC(C)C[B]SC(C)(C)C. The van der Waals surface area contributed by atoms with Crippen molar-refractivity contribution < 1.29 is 0 Å². The first kappa shape index (κ1) is 10.4. The van der Waals surface area contributed by atoms with E-state index in [0.29, 0.717) is 4.75 Å². The van der Waals surface area contributed by atoms with Crippen molar-refractivity contribution in [1.82, 2.24) is 0 Å². The molecule has 0 spiro atoms. The van der Waals surface area contributed by atoms with Crippen LogP contribution in [0, 0.1) is 5.92 Å². The zero-order valence-electron chi connectivity index (χ0n) is 7.77. The van der Waals surface area contributed by atoms with Gasteiger partial charge in [0.15, 0.2) is 6.56 Å². The minimum atomic E-state index is 0.398. The van der Waals surface area contributed by atoms with Gasteiger partial charge >= 0.3 is 0 Å². The monoisotopic (exact) mass is 157 g/mol. The summed E-state index contributed by atoms with van der Waals surface area (Å²) in [6.07, 6.45) is 1.22. The Bertz CT molecular complexity index is 83.7. The average molecular weight is 157 g/mol. The van der Waals surface area contributed by atoms with Gasteiger partial charge in [-0.25, -0.2) is 11.6 Å². The Morgan fingerprint density at radius 2 is 1.80 bits per heavy atom. The predicted molar refractivity (Wildman–Crippen MR) is 52.7 cm³/mol. The molecule has 59 valence electrons. The summed E-state index contributed by atoms with van der Waals surface area (Å²) in [4.78, 5) is 0. The van der Waals surface area contributed by atoms with Gasteiger partial charge in [-0.05, 0) is 4.75 Å². The van der Waals surface area contributed by atoms with Crippen molar-refractivity contribution in [2.75, 3.05) is 0 Å². The maximum absolute atomic E-state index is 2.32. The second-order valence-corrected chi connectivity index (χ2v) is 5.82. The molecule has 0 aromatic heterocycles. The van der Waals surface area contributed by atoms with Crippen LogP contribution in [0.5, 0.6) is 0 Å². The number of hydrogen-bond donors (Lipinski definition) is 0. The van der Waals surface area contributed by atoms with Crippen LogP contribution in [0.2, 0.25) is 6.32 Å². The maximum atomic E-state index is 2.32. The second-order valence-electron chi connectivity index (χ2n) is 4.03. The van der Waals surface area contributed by atoms with Gasteiger partial charge in [-0.3, -0.25) is 0 Å². The van der Waals surface area contributed by atoms with Crippen molar-refractivity contribution >= 4 is 18.2 Å². The van der Waals surface area contributed by atoms with Gasteiger partial charge in [0.2, 0.25) is 0 Å². The zero-order chi connectivity index (χ0) is 8.20. The Balaban J connectivity index is 3.21. The molecule has 2 heteroatoms. The summed E-state index contributed by atoms with van der Waals surface area (Å²) >= 11 is 1.94. The molecule has 0 amide bonds. The molecular weight excluding hydrogens is 139 g/mol. The van der Waals surface area contributed by atoms with Crippen molar-refractivity contribution in [3.63, 3.8) is 0 Å². The Kier molecular flexibility index (Phi) is 4.50. The Labute approximate surface area is 70.3 Å². The minimum absolute atomic E-state index is 0.398. The Hall–Kier alpha value is 0.415. The highest BCUT2D eigenvalue weighted by molar-refractivity contribution is 8.23. The van der Waals surface area contributed by atoms with E-state index in [1.54, 1.807) is 0 Å². The standard InChI is InChI=1S/C8H18BS/c1-7(2)6-9-10-8(3,4)5/h7H,6H2,1-5H3. The molecule has 0 atom stereocenters. The highest BCUT2D eigenvalue weighted by Crippen LogP contribution is 2.23. The summed E-state index contributed by atoms with van der Waals surface area (Å²) in [5.41, 5.74) is 0. The lowest BCUT2D eigenvalue weighted by Gasteiger charge is -2.17. The quantitative estimate of drug-likeness (QED) is 0.567. The molecule has 0 aliphatic carbocycles. The number of hydrogen-bond acceptors (Lipinski definition) is 1. The first-order chi connectivity index (χ1) is 4.42. The minimum Gasteiger partial charge on any atom is -0.212 e. The molecule has 0 bridgehead atoms. The van der Waals surface area contributed by atoms with E-state index in [0.717, 1.165) is 5.92 Å². The summed E-state index contributed by atoms with van der Waals surface area (Å²) in [6, 6.07) is 0. The van der Waals surface area contributed by atoms with Crippen LogP contribution in [0.3, 0.4) is 0 Å². The molecular formula is C8H18BS. The molecule has 0 aromatic rings. The van der Waals surface area contributed by atoms with Crippen LogP contribution in [-0.2, 0) is 0 Å². The first-order valence-corrected chi connectivity index (χ1v) is 4.79. The highest BCUT2D eigenvalue weighted by Gasteiger charge is 2.10. The fourth-order valence-corrected chi connectivity index (χ4v) is 1.47. The largest absolute Gasteiger partial charge is 0.212 e. The molecule has 0 aliphatic rings. The summed E-state index contributed by atoms with van der Waals surface area (Å²) < 4.78 is 0.398. The highest BCUT2D eigenvalue weighted by atomic mass is 32.2. The van der Waals surface area contributed by atoms with Gasteiger partial charge in [-0.1, -0.05) is 46.9 Å². The normalized spacial score (nSPS) is 12.2. The van der Waals surface area contributed by atoms with E-state index >= 15 is 0 Å². The molecule has 10 heavy (non-hydrogen) atoms. The van der Waals surface area contributed by atoms with Crippen molar-refractivity contribution in [2.45, 2.75) is 45.7 Å². The Morgan fingerprint density at radius 3 is 2.10 bits per heavy atom. The van der Waals surface area contributed by atoms with E-state index < -0.39 is 0 Å². The van der Waals surface area contributed by atoms with Crippen molar-refractivity contribution in [3.05, 3.63) is 0 Å². The van der Waals surface area contributed by atoms with E-state index in [-0.39, 0.29) is 0 Å². The molecule has 0 saturated heterocycles. The van der Waals surface area contributed by atoms with Crippen LogP contribution in [0.15, 0.2) is 0 Å². The summed E-state index contributed by atoms with van der Waals surface area (Å²) in [5, 5.41) is 0. The van der Waals surface area contributed by atoms with E-state index in [1.807, 2.05) is 11.6 Å². The van der Waals surface area contributed by atoms with Crippen molar-refractivity contribution in [1.29, 1.82) is 0 Å². The summed E-state index contributed by atoms with van der Waals surface area (Å²) in [5.74, 6) is 0.801. The predicted octanol–water partition coefficient (Wildman–Crippen LogP) is 3.21. The topological polar surface area (TPSA) is 0 Å². The third kappa shape index (κ3) is 8.41. The van der Waals surface area contributed by atoms with Crippen LogP contribution in [-0.4, -0.2) is 11.3 Å². The van der Waals surface area contributed by atoms with Gasteiger partial charge < -0.3 is 0 Å². The van der Waals surface area contributed by atoms with E-state index in [2.05, 4.69) is 41.2 Å². The van der Waals surface area contributed by atoms with Crippen molar-refractivity contribution in [2.24, 2.45) is 5.92 Å². The third-order valence-corrected chi connectivity index (χ3v) is 2.07.